The summed E-state index contributed by atoms with van der Waals surface area (Å²) in [6.07, 6.45) is 8.63. The lowest BCUT2D eigenvalue weighted by atomic mass is 9.84. The third-order valence-corrected chi connectivity index (χ3v) is 4.90. The third kappa shape index (κ3) is 2.59. The van der Waals surface area contributed by atoms with Gasteiger partial charge in [0.2, 0.25) is 0 Å². The minimum absolute atomic E-state index is 0.259. The summed E-state index contributed by atoms with van der Waals surface area (Å²) < 4.78 is 2.24. The molecular formula is C17H25N3. The van der Waals surface area contributed by atoms with Crippen molar-refractivity contribution in [3.05, 3.63) is 29.6 Å². The Morgan fingerprint density at radius 3 is 2.65 bits per heavy atom. The van der Waals surface area contributed by atoms with E-state index in [9.17, 15) is 0 Å². The molecule has 1 fully saturated rings. The highest BCUT2D eigenvalue weighted by Crippen LogP contribution is 2.27. The van der Waals surface area contributed by atoms with Crippen LogP contribution in [0, 0.1) is 19.8 Å². The smallest absolute Gasteiger partial charge is 0.0958 e. The molecule has 0 aliphatic heterocycles. The molecule has 3 nitrogen and oxygen atoms in total. The molecular weight excluding hydrogens is 246 g/mol. The van der Waals surface area contributed by atoms with Crippen molar-refractivity contribution in [1.29, 1.82) is 0 Å². The lowest BCUT2D eigenvalue weighted by Crippen LogP contribution is -2.35. The van der Waals surface area contributed by atoms with Crippen LogP contribution in [0.15, 0.2) is 18.5 Å². The van der Waals surface area contributed by atoms with E-state index in [4.69, 9.17) is 5.73 Å². The van der Waals surface area contributed by atoms with E-state index in [1.165, 1.54) is 48.7 Å². The number of imidazole rings is 1. The standard InChI is InChI=1S/C17H25N3/c1-12-8-16-17(9-13(12)2)20(11-19-16)10-15(18)14-6-4-3-5-7-14/h8-9,11,14-15H,3-7,10,18H2,1-2H3. The Kier molecular flexibility index (Phi) is 3.79. The number of rotatable bonds is 3. The van der Waals surface area contributed by atoms with E-state index >= 15 is 0 Å². The van der Waals surface area contributed by atoms with E-state index in [1.807, 2.05) is 6.33 Å². The minimum atomic E-state index is 0.259. The Morgan fingerprint density at radius 1 is 1.20 bits per heavy atom. The zero-order valence-corrected chi connectivity index (χ0v) is 12.6. The van der Waals surface area contributed by atoms with Gasteiger partial charge in [0.15, 0.2) is 0 Å². The lowest BCUT2D eigenvalue weighted by Gasteiger charge is -2.27. The molecule has 2 N–H and O–H groups in total. The van der Waals surface area contributed by atoms with Gasteiger partial charge in [-0.15, -0.1) is 0 Å². The maximum absolute atomic E-state index is 6.45. The van der Waals surface area contributed by atoms with Crippen molar-refractivity contribution in [2.75, 3.05) is 0 Å². The molecule has 1 aromatic carbocycles. The molecule has 1 aliphatic rings. The van der Waals surface area contributed by atoms with Crippen LogP contribution in [0.1, 0.15) is 43.2 Å². The van der Waals surface area contributed by atoms with Gasteiger partial charge < -0.3 is 10.3 Å². The highest BCUT2D eigenvalue weighted by Gasteiger charge is 2.21. The SMILES string of the molecule is Cc1cc2ncn(CC(N)C3CCCCC3)c2cc1C. The molecule has 0 amide bonds. The van der Waals surface area contributed by atoms with Crippen LogP contribution in [0.2, 0.25) is 0 Å². The molecule has 0 saturated heterocycles. The van der Waals surface area contributed by atoms with E-state index in [1.54, 1.807) is 0 Å². The average Bonchev–Trinajstić information content (AvgIpc) is 2.83. The molecule has 3 rings (SSSR count). The largest absolute Gasteiger partial charge is 0.329 e. The van der Waals surface area contributed by atoms with E-state index in [0.29, 0.717) is 5.92 Å². The van der Waals surface area contributed by atoms with Gasteiger partial charge in [-0.25, -0.2) is 4.98 Å². The Bertz CT molecular complexity index is 594. The second-order valence-electron chi connectivity index (χ2n) is 6.38. The molecule has 108 valence electrons. The van der Waals surface area contributed by atoms with E-state index in [2.05, 4.69) is 35.5 Å². The predicted octanol–water partition coefficient (Wildman–Crippen LogP) is 3.56. The first-order chi connectivity index (χ1) is 9.65. The van der Waals surface area contributed by atoms with Crippen LogP contribution in [0.5, 0.6) is 0 Å². The number of aromatic nitrogens is 2. The van der Waals surface area contributed by atoms with Crippen molar-refractivity contribution in [3.8, 4) is 0 Å². The molecule has 2 aromatic rings. The van der Waals surface area contributed by atoms with Crippen molar-refractivity contribution in [3.63, 3.8) is 0 Å². The molecule has 1 aromatic heterocycles. The van der Waals surface area contributed by atoms with Gasteiger partial charge in [0, 0.05) is 12.6 Å². The van der Waals surface area contributed by atoms with E-state index in [0.717, 1.165) is 12.1 Å². The fraction of sp³-hybridized carbons (Fsp3) is 0.588. The topological polar surface area (TPSA) is 43.8 Å². The number of nitrogens with two attached hydrogens (primary N) is 1. The molecule has 1 aliphatic carbocycles. The van der Waals surface area contributed by atoms with Gasteiger partial charge in [-0.05, 0) is 55.9 Å². The molecule has 1 unspecified atom stereocenters. The summed E-state index contributed by atoms with van der Waals surface area (Å²) in [5, 5.41) is 0. The number of nitrogens with zero attached hydrogens (tertiary/aromatic N) is 2. The van der Waals surface area contributed by atoms with Gasteiger partial charge in [0.1, 0.15) is 0 Å². The van der Waals surface area contributed by atoms with Crippen LogP contribution in [0.3, 0.4) is 0 Å². The quantitative estimate of drug-likeness (QED) is 0.927. The zero-order valence-electron chi connectivity index (χ0n) is 12.6. The molecule has 20 heavy (non-hydrogen) atoms. The van der Waals surface area contributed by atoms with Crippen LogP contribution in [0.4, 0.5) is 0 Å². The second kappa shape index (κ2) is 5.57. The predicted molar refractivity (Wildman–Crippen MR) is 83.8 cm³/mol. The Labute approximate surface area is 121 Å². The van der Waals surface area contributed by atoms with Gasteiger partial charge in [0.25, 0.3) is 0 Å². The normalized spacial score (nSPS) is 18.6. The van der Waals surface area contributed by atoms with Crippen molar-refractivity contribution < 1.29 is 0 Å². The highest BCUT2D eigenvalue weighted by molar-refractivity contribution is 5.77. The molecule has 0 bridgehead atoms. The molecule has 1 atom stereocenters. The van der Waals surface area contributed by atoms with Gasteiger partial charge in [-0.3, -0.25) is 0 Å². The summed E-state index contributed by atoms with van der Waals surface area (Å²) >= 11 is 0. The highest BCUT2D eigenvalue weighted by atomic mass is 15.1. The number of hydrogen-bond acceptors (Lipinski definition) is 2. The summed E-state index contributed by atoms with van der Waals surface area (Å²) in [7, 11) is 0. The summed E-state index contributed by atoms with van der Waals surface area (Å²) in [4.78, 5) is 4.53. The summed E-state index contributed by atoms with van der Waals surface area (Å²) in [6.45, 7) is 5.19. The van der Waals surface area contributed by atoms with Crippen LogP contribution in [0.25, 0.3) is 11.0 Å². The van der Waals surface area contributed by atoms with Gasteiger partial charge >= 0.3 is 0 Å². The summed E-state index contributed by atoms with van der Waals surface area (Å²) in [5.41, 5.74) is 11.4. The fourth-order valence-electron chi connectivity index (χ4n) is 3.40. The maximum atomic E-state index is 6.45. The van der Waals surface area contributed by atoms with Crippen molar-refractivity contribution in [2.45, 2.75) is 58.5 Å². The van der Waals surface area contributed by atoms with Gasteiger partial charge in [-0.1, -0.05) is 19.3 Å². The fourth-order valence-corrected chi connectivity index (χ4v) is 3.40. The average molecular weight is 271 g/mol. The summed E-state index contributed by atoms with van der Waals surface area (Å²) in [5.74, 6) is 0.688. The number of aryl methyl sites for hydroxylation is 2. The first kappa shape index (κ1) is 13.6. The lowest BCUT2D eigenvalue weighted by molar-refractivity contribution is 0.286. The monoisotopic (exact) mass is 271 g/mol. The first-order valence-electron chi connectivity index (χ1n) is 7.83. The Hall–Kier alpha value is -1.35. The van der Waals surface area contributed by atoms with Gasteiger partial charge in [-0.2, -0.15) is 0 Å². The number of hydrogen-bond donors (Lipinski definition) is 1. The second-order valence-corrected chi connectivity index (χ2v) is 6.38. The van der Waals surface area contributed by atoms with Crippen molar-refractivity contribution in [2.24, 2.45) is 11.7 Å². The van der Waals surface area contributed by atoms with Crippen LogP contribution >= 0.6 is 0 Å². The molecule has 1 heterocycles. The molecule has 1 saturated carbocycles. The first-order valence-corrected chi connectivity index (χ1v) is 7.83. The molecule has 0 spiro atoms. The van der Waals surface area contributed by atoms with Crippen LogP contribution in [-0.4, -0.2) is 15.6 Å². The van der Waals surface area contributed by atoms with Crippen LogP contribution in [-0.2, 0) is 6.54 Å². The zero-order chi connectivity index (χ0) is 14.1. The Balaban J connectivity index is 1.81. The third-order valence-electron chi connectivity index (χ3n) is 4.90. The van der Waals surface area contributed by atoms with E-state index in [-0.39, 0.29) is 6.04 Å². The number of benzene rings is 1. The van der Waals surface area contributed by atoms with Crippen molar-refractivity contribution in [1.82, 2.24) is 9.55 Å². The minimum Gasteiger partial charge on any atom is -0.329 e. The number of fused-ring (bicyclic) bond motifs is 1. The van der Waals surface area contributed by atoms with Gasteiger partial charge in [0.05, 0.1) is 17.4 Å². The van der Waals surface area contributed by atoms with Crippen LogP contribution < -0.4 is 5.73 Å². The maximum Gasteiger partial charge on any atom is 0.0958 e. The summed E-state index contributed by atoms with van der Waals surface area (Å²) in [6, 6.07) is 4.67. The Morgan fingerprint density at radius 2 is 1.90 bits per heavy atom. The van der Waals surface area contributed by atoms with Crippen molar-refractivity contribution >= 4 is 11.0 Å². The van der Waals surface area contributed by atoms with E-state index < -0.39 is 0 Å². The molecule has 0 radical (unpaired) electrons. The molecule has 3 heteroatoms.